The summed E-state index contributed by atoms with van der Waals surface area (Å²) < 4.78 is 43.4. The van der Waals surface area contributed by atoms with Crippen molar-refractivity contribution >= 4 is 69.5 Å². The number of nitrogens with zero attached hydrogens (tertiary/aromatic N) is 3. The van der Waals surface area contributed by atoms with Crippen LogP contribution in [0.25, 0.3) is 0 Å². The summed E-state index contributed by atoms with van der Waals surface area (Å²) in [5.74, 6) is -4.00. The minimum atomic E-state index is -4.81. The molecule has 2 aliphatic rings. The summed E-state index contributed by atoms with van der Waals surface area (Å²) in [5.41, 5.74) is 0.384. The van der Waals surface area contributed by atoms with E-state index in [4.69, 9.17) is 11.6 Å². The maximum Gasteiger partial charge on any atom is 0.418 e. The lowest BCUT2D eigenvalue weighted by Gasteiger charge is -2.31. The number of thioether (sulfide) groups is 1. The van der Waals surface area contributed by atoms with Crippen LogP contribution < -0.4 is 20.0 Å². The van der Waals surface area contributed by atoms with Gasteiger partial charge in [-0.15, -0.1) is 0 Å². The van der Waals surface area contributed by atoms with Crippen LogP contribution in [0.4, 0.5) is 30.2 Å². The smallest absolute Gasteiger partial charge is 0.372 e. The molecule has 1 fully saturated rings. The number of alkyl halides is 3. The van der Waals surface area contributed by atoms with Crippen LogP contribution in [0.2, 0.25) is 5.02 Å². The van der Waals surface area contributed by atoms with Crippen molar-refractivity contribution in [2.24, 2.45) is 5.92 Å². The molecule has 3 heterocycles. The zero-order valence-electron chi connectivity index (χ0n) is 25.1. The van der Waals surface area contributed by atoms with Crippen molar-refractivity contribution in [3.63, 3.8) is 0 Å². The third-order valence-corrected chi connectivity index (χ3v) is 11.2. The van der Waals surface area contributed by atoms with Crippen molar-refractivity contribution in [3.05, 3.63) is 103 Å². The number of fused-ring (bicyclic) bond motifs is 2. The van der Waals surface area contributed by atoms with E-state index in [9.17, 15) is 32.3 Å². The van der Waals surface area contributed by atoms with Gasteiger partial charge >= 0.3 is 11.0 Å². The number of carbonyl (C=O) groups is 3. The molecule has 1 N–H and O–H groups in total. The molecule has 3 atom stereocenters. The molecule has 47 heavy (non-hydrogen) atoms. The zero-order chi connectivity index (χ0) is 33.6. The number of hydrogen-bond acceptors (Lipinski definition) is 7. The molecule has 0 radical (unpaired) electrons. The van der Waals surface area contributed by atoms with Crippen LogP contribution in [-0.4, -0.2) is 40.6 Å². The summed E-state index contributed by atoms with van der Waals surface area (Å²) in [7, 11) is 0. The molecule has 6 rings (SSSR count). The van der Waals surface area contributed by atoms with E-state index in [1.165, 1.54) is 16.7 Å². The van der Waals surface area contributed by atoms with Gasteiger partial charge in [0.2, 0.25) is 17.7 Å². The molecular weight excluding hydrogens is 673 g/mol. The Morgan fingerprint density at radius 2 is 1.60 bits per heavy atom. The van der Waals surface area contributed by atoms with E-state index in [0.717, 1.165) is 54.0 Å². The molecule has 0 spiro atoms. The highest BCUT2D eigenvalue weighted by molar-refractivity contribution is 8.00. The Kier molecular flexibility index (Phi) is 8.98. The summed E-state index contributed by atoms with van der Waals surface area (Å²) in [6.07, 6.45) is -4.81. The van der Waals surface area contributed by atoms with Crippen LogP contribution in [-0.2, 0) is 27.1 Å². The molecule has 2 aliphatic heterocycles. The lowest BCUT2D eigenvalue weighted by atomic mass is 9.83. The molecule has 14 heteroatoms. The van der Waals surface area contributed by atoms with E-state index in [2.05, 4.69) is 10.2 Å². The number of halogens is 4. The van der Waals surface area contributed by atoms with Gasteiger partial charge in [0.25, 0.3) is 0 Å². The fourth-order valence-electron chi connectivity index (χ4n) is 6.12. The topological polar surface area (TPSA) is 91.7 Å². The number of thiazole rings is 1. The van der Waals surface area contributed by atoms with E-state index in [1.54, 1.807) is 24.3 Å². The number of hydrogen-bond donors (Lipinski definition) is 1. The number of amides is 3. The van der Waals surface area contributed by atoms with Gasteiger partial charge in [0.1, 0.15) is 11.8 Å². The fourth-order valence-corrected chi connectivity index (χ4v) is 9.02. The number of rotatable bonds is 8. The van der Waals surface area contributed by atoms with Crippen molar-refractivity contribution in [1.29, 1.82) is 0 Å². The molecule has 0 saturated carbocycles. The van der Waals surface area contributed by atoms with Crippen LogP contribution in [0.1, 0.15) is 35.8 Å². The molecule has 4 aromatic rings. The van der Waals surface area contributed by atoms with Crippen molar-refractivity contribution < 1.29 is 27.6 Å². The molecule has 1 aromatic heterocycles. The second-order valence-electron chi connectivity index (χ2n) is 11.0. The summed E-state index contributed by atoms with van der Waals surface area (Å²) in [4.78, 5) is 57.4. The second-order valence-corrected chi connectivity index (χ2v) is 13.6. The largest absolute Gasteiger partial charge is 0.418 e. The van der Waals surface area contributed by atoms with Crippen molar-refractivity contribution in [2.45, 2.75) is 42.8 Å². The molecule has 1 saturated heterocycles. The highest BCUT2D eigenvalue weighted by Crippen LogP contribution is 2.54. The summed E-state index contributed by atoms with van der Waals surface area (Å²) in [5, 5.41) is 2.40. The normalized spacial score (nSPS) is 19.0. The van der Waals surface area contributed by atoms with Crippen molar-refractivity contribution in [1.82, 2.24) is 4.57 Å². The van der Waals surface area contributed by atoms with E-state index < -0.39 is 57.1 Å². The maximum atomic E-state index is 14.2. The van der Waals surface area contributed by atoms with Crippen molar-refractivity contribution in [2.75, 3.05) is 28.2 Å². The third-order valence-electron chi connectivity index (χ3n) is 8.31. The Morgan fingerprint density at radius 3 is 2.23 bits per heavy atom. The first-order chi connectivity index (χ1) is 22.4. The van der Waals surface area contributed by atoms with Gasteiger partial charge in [0, 0.05) is 40.3 Å². The number of benzene rings is 3. The van der Waals surface area contributed by atoms with E-state index in [0.29, 0.717) is 31.1 Å². The molecular formula is C33H28ClF3N4O4S2. The number of carbonyl (C=O) groups excluding carboxylic acids is 3. The Labute approximate surface area is 281 Å². The Bertz CT molecular complexity index is 1910. The monoisotopic (exact) mass is 700 g/mol. The maximum absolute atomic E-state index is 14.2. The van der Waals surface area contributed by atoms with Gasteiger partial charge in [0.15, 0.2) is 0 Å². The summed E-state index contributed by atoms with van der Waals surface area (Å²) in [6.45, 7) is 5.17. The van der Waals surface area contributed by atoms with Gasteiger partial charge in [-0.25, -0.2) is 4.90 Å². The van der Waals surface area contributed by atoms with Gasteiger partial charge < -0.3 is 10.2 Å². The number of imide groups is 1. The summed E-state index contributed by atoms with van der Waals surface area (Å²) in [6, 6.07) is 18.3. The zero-order valence-corrected chi connectivity index (χ0v) is 27.5. The van der Waals surface area contributed by atoms with E-state index in [-0.39, 0.29) is 6.54 Å². The first-order valence-corrected chi connectivity index (χ1v) is 16.8. The predicted octanol–water partition coefficient (Wildman–Crippen LogP) is 6.86. The van der Waals surface area contributed by atoms with Crippen LogP contribution >= 0.6 is 34.7 Å². The van der Waals surface area contributed by atoms with Crippen LogP contribution in [0.15, 0.2) is 82.6 Å². The predicted molar refractivity (Wildman–Crippen MR) is 178 cm³/mol. The van der Waals surface area contributed by atoms with Gasteiger partial charge in [-0.1, -0.05) is 59.0 Å². The van der Waals surface area contributed by atoms with Gasteiger partial charge in [-0.3, -0.25) is 23.7 Å². The van der Waals surface area contributed by atoms with Gasteiger partial charge in [0.05, 0.1) is 22.2 Å². The standard InChI is InChI=1S/C33H28ClF3N4O4S2/c1-3-39(4-2)21-15-9-18(10-16-21)25-26-27(30(44)41(29(26)43)23-8-6-5-7-22(23)33(35,36)37)46-31-28(25)47-32(45)40(31)17-24(42)38-20-13-11-19(34)12-14-20/h5-16,25-27H,3-4,17H2,1-2H3,(H,38,42)/t25-,26?,27?/m1/s1. The molecule has 244 valence electrons. The number of aromatic nitrogens is 1. The average Bonchev–Trinajstić information content (AvgIpc) is 3.48. The second kappa shape index (κ2) is 12.9. The number of nitrogens with one attached hydrogen (secondary N) is 1. The number of para-hydroxylation sites is 1. The highest BCUT2D eigenvalue weighted by atomic mass is 35.5. The van der Waals surface area contributed by atoms with Gasteiger partial charge in [-0.05, 0) is 67.9 Å². The first-order valence-electron chi connectivity index (χ1n) is 14.8. The minimum absolute atomic E-state index is 0.331. The first kappa shape index (κ1) is 32.9. The highest BCUT2D eigenvalue weighted by Gasteiger charge is 2.57. The third kappa shape index (κ3) is 6.07. The lowest BCUT2D eigenvalue weighted by molar-refractivity contribution is -0.137. The van der Waals surface area contributed by atoms with Crippen molar-refractivity contribution in [3.8, 4) is 0 Å². The molecule has 2 unspecified atom stereocenters. The molecule has 0 bridgehead atoms. The van der Waals surface area contributed by atoms with E-state index >= 15 is 0 Å². The fraction of sp³-hybridized carbons (Fsp3) is 0.273. The SMILES string of the molecule is CCN(CC)c1ccc([C@H]2c3sc(=O)n(CC(=O)Nc4ccc(Cl)cc4)c3SC3C(=O)N(c4ccccc4C(F)(F)F)C(=O)C32)cc1. The van der Waals surface area contributed by atoms with E-state index in [1.807, 2.05) is 38.1 Å². The average molecular weight is 701 g/mol. The number of anilines is 3. The molecule has 8 nitrogen and oxygen atoms in total. The minimum Gasteiger partial charge on any atom is -0.372 e. The van der Waals surface area contributed by atoms with Gasteiger partial charge in [-0.2, -0.15) is 13.2 Å². The van der Waals surface area contributed by atoms with Crippen LogP contribution in [0, 0.1) is 5.92 Å². The van der Waals surface area contributed by atoms with Crippen LogP contribution in [0.5, 0.6) is 0 Å². The Balaban J connectivity index is 1.43. The molecule has 0 aliphatic carbocycles. The van der Waals surface area contributed by atoms with Crippen LogP contribution in [0.3, 0.4) is 0 Å². The molecule has 3 amide bonds. The molecule has 3 aromatic carbocycles. The Hall–Kier alpha value is -4.07. The quantitative estimate of drug-likeness (QED) is 0.202. The summed E-state index contributed by atoms with van der Waals surface area (Å²) >= 11 is 7.74. The lowest BCUT2D eigenvalue weighted by Crippen LogP contribution is -2.33. The Morgan fingerprint density at radius 1 is 0.936 bits per heavy atom.